The number of rotatable bonds is 2. The number of aromatic nitrogens is 1. The minimum Gasteiger partial charge on any atom is -0.443 e. The number of H-pyrrole nitrogens is 1. The van der Waals surface area contributed by atoms with Crippen molar-refractivity contribution in [3.8, 4) is 11.1 Å². The number of benzene rings is 2. The molecule has 1 unspecified atom stereocenters. The van der Waals surface area contributed by atoms with E-state index in [4.69, 9.17) is 16.3 Å². The highest BCUT2D eigenvalue weighted by Gasteiger charge is 2.44. The maximum atomic E-state index is 15.8. The van der Waals surface area contributed by atoms with E-state index < -0.39 is 35.3 Å². The Morgan fingerprint density at radius 2 is 2.03 bits per heavy atom. The minimum atomic E-state index is -0.730. The Kier molecular flexibility index (Phi) is 4.89. The van der Waals surface area contributed by atoms with E-state index in [1.165, 1.54) is 13.1 Å². The van der Waals surface area contributed by atoms with Crippen molar-refractivity contribution in [2.45, 2.75) is 38.3 Å². The smallest absolute Gasteiger partial charge is 0.407 e. The number of ether oxygens (including phenoxy) is 1. The molecule has 2 atom stereocenters. The number of carbonyl (C=O) groups is 1. The Hall–Kier alpha value is -2.80. The van der Waals surface area contributed by atoms with Crippen LogP contribution in [-0.4, -0.2) is 29.8 Å². The molecule has 3 N–H and O–H groups in total. The van der Waals surface area contributed by atoms with Gasteiger partial charge in [0.15, 0.2) is 0 Å². The third-order valence-electron chi connectivity index (χ3n) is 5.71. The monoisotopic (exact) mass is 433 g/mol. The predicted molar refractivity (Wildman–Crippen MR) is 114 cm³/mol. The van der Waals surface area contributed by atoms with Crippen molar-refractivity contribution in [3.05, 3.63) is 52.7 Å². The first-order chi connectivity index (χ1) is 14.2. The lowest BCUT2D eigenvalue weighted by molar-refractivity contribution is 0.0480. The highest BCUT2D eigenvalue weighted by molar-refractivity contribution is 6.36. The molecule has 0 aliphatic carbocycles. The fourth-order valence-corrected chi connectivity index (χ4v) is 4.59. The number of anilines is 1. The molecule has 0 fully saturated rings. The first kappa shape index (κ1) is 20.5. The fraction of sp³-hybridized carbons (Fsp3) is 0.318. The number of aromatic amines is 1. The highest BCUT2D eigenvalue weighted by atomic mass is 35.5. The van der Waals surface area contributed by atoms with Crippen molar-refractivity contribution < 1.29 is 18.3 Å². The third kappa shape index (κ3) is 3.08. The van der Waals surface area contributed by atoms with Gasteiger partial charge in [0.25, 0.3) is 0 Å². The molecule has 8 heteroatoms. The Bertz CT molecular complexity index is 1160. The number of carbonyl (C=O) groups excluding carboxylic acids is 1. The van der Waals surface area contributed by atoms with Gasteiger partial charge in [0, 0.05) is 41.4 Å². The van der Waals surface area contributed by atoms with Crippen molar-refractivity contribution >= 4 is 34.3 Å². The summed E-state index contributed by atoms with van der Waals surface area (Å²) in [5.41, 5.74) is 0.666. The summed E-state index contributed by atoms with van der Waals surface area (Å²) < 4.78 is 36.6. The molecule has 30 heavy (non-hydrogen) atoms. The number of alkyl carbamates (subject to hydrolysis) is 1. The minimum absolute atomic E-state index is 0.148. The fourth-order valence-electron chi connectivity index (χ4n) is 4.38. The zero-order chi connectivity index (χ0) is 21.8. The van der Waals surface area contributed by atoms with Gasteiger partial charge in [-0.15, -0.1) is 0 Å². The maximum Gasteiger partial charge on any atom is 0.407 e. The van der Waals surface area contributed by atoms with Crippen LogP contribution in [0.3, 0.4) is 0 Å². The molecule has 0 bridgehead atoms. The molecule has 5 nitrogen and oxygen atoms in total. The van der Waals surface area contributed by atoms with E-state index in [2.05, 4.69) is 15.6 Å². The van der Waals surface area contributed by atoms with Crippen molar-refractivity contribution in [3.63, 3.8) is 0 Å². The second-order valence-corrected chi connectivity index (χ2v) is 8.49. The second kappa shape index (κ2) is 7.16. The zero-order valence-corrected chi connectivity index (χ0v) is 17.7. The van der Waals surface area contributed by atoms with Gasteiger partial charge in [-0.3, -0.25) is 0 Å². The summed E-state index contributed by atoms with van der Waals surface area (Å²) in [4.78, 5) is 14.9. The first-order valence-electron chi connectivity index (χ1n) is 9.60. The summed E-state index contributed by atoms with van der Waals surface area (Å²) in [6, 6.07) is 6.43. The van der Waals surface area contributed by atoms with Crippen molar-refractivity contribution in [1.82, 2.24) is 10.3 Å². The molecule has 158 valence electrons. The van der Waals surface area contributed by atoms with Crippen LogP contribution in [0.4, 0.5) is 19.3 Å². The SMILES string of the molecule is CNC(=O)OC1[C@@H](C)c2c(cc(F)c(-c3cccc4c(Cl)c[nH]c34)c2F)NC1(C)C. The lowest BCUT2D eigenvalue weighted by Crippen LogP contribution is -2.53. The number of amides is 1. The average Bonchev–Trinajstić information content (AvgIpc) is 3.06. The number of hydrogen-bond donors (Lipinski definition) is 3. The van der Waals surface area contributed by atoms with E-state index in [1.54, 1.807) is 31.3 Å². The quantitative estimate of drug-likeness (QED) is 0.478. The van der Waals surface area contributed by atoms with Gasteiger partial charge in [-0.25, -0.2) is 13.6 Å². The molecule has 1 amide bonds. The van der Waals surface area contributed by atoms with Crippen LogP contribution in [-0.2, 0) is 4.74 Å². The van der Waals surface area contributed by atoms with Crippen LogP contribution in [0.25, 0.3) is 22.0 Å². The van der Waals surface area contributed by atoms with E-state index in [0.717, 1.165) is 0 Å². The molecule has 0 saturated heterocycles. The van der Waals surface area contributed by atoms with Crippen LogP contribution < -0.4 is 10.6 Å². The molecule has 1 aliphatic rings. The van der Waals surface area contributed by atoms with Gasteiger partial charge in [-0.2, -0.15) is 0 Å². The lowest BCUT2D eigenvalue weighted by Gasteiger charge is -2.44. The molecule has 0 saturated carbocycles. The summed E-state index contributed by atoms with van der Waals surface area (Å²) in [6.45, 7) is 5.42. The predicted octanol–water partition coefficient (Wildman–Crippen LogP) is 5.80. The lowest BCUT2D eigenvalue weighted by atomic mass is 9.77. The van der Waals surface area contributed by atoms with Gasteiger partial charge >= 0.3 is 6.09 Å². The Morgan fingerprint density at radius 1 is 1.30 bits per heavy atom. The zero-order valence-electron chi connectivity index (χ0n) is 17.0. The van der Waals surface area contributed by atoms with E-state index in [-0.39, 0.29) is 11.1 Å². The summed E-state index contributed by atoms with van der Waals surface area (Å²) in [6.07, 6.45) is 0.302. The summed E-state index contributed by atoms with van der Waals surface area (Å²) in [5, 5.41) is 6.71. The Morgan fingerprint density at radius 3 is 2.73 bits per heavy atom. The number of hydrogen-bond acceptors (Lipinski definition) is 3. The molecule has 2 aromatic carbocycles. The molecule has 0 spiro atoms. The van der Waals surface area contributed by atoms with E-state index in [0.29, 0.717) is 27.2 Å². The number of fused-ring (bicyclic) bond motifs is 2. The van der Waals surface area contributed by atoms with Crippen LogP contribution >= 0.6 is 11.6 Å². The van der Waals surface area contributed by atoms with Gasteiger partial charge in [-0.1, -0.05) is 36.7 Å². The van der Waals surface area contributed by atoms with Crippen LogP contribution in [0.15, 0.2) is 30.5 Å². The van der Waals surface area contributed by atoms with E-state index in [9.17, 15) is 4.79 Å². The molecular formula is C22H22ClF2N3O2. The first-order valence-corrected chi connectivity index (χ1v) is 9.98. The largest absolute Gasteiger partial charge is 0.443 e. The maximum absolute atomic E-state index is 15.8. The second-order valence-electron chi connectivity index (χ2n) is 8.08. The van der Waals surface area contributed by atoms with Gasteiger partial charge in [0.05, 0.1) is 21.6 Å². The average molecular weight is 434 g/mol. The normalized spacial score (nSPS) is 19.8. The molecule has 4 rings (SSSR count). The summed E-state index contributed by atoms with van der Waals surface area (Å²) >= 11 is 6.18. The van der Waals surface area contributed by atoms with Crippen LogP contribution in [0.1, 0.15) is 32.3 Å². The van der Waals surface area contributed by atoms with Crippen LogP contribution in [0, 0.1) is 11.6 Å². The number of halogens is 3. The van der Waals surface area contributed by atoms with Crippen molar-refractivity contribution in [1.29, 1.82) is 0 Å². The molecule has 1 aliphatic heterocycles. The van der Waals surface area contributed by atoms with Crippen molar-refractivity contribution in [2.75, 3.05) is 12.4 Å². The van der Waals surface area contributed by atoms with Crippen molar-refractivity contribution in [2.24, 2.45) is 0 Å². The summed E-state index contributed by atoms with van der Waals surface area (Å²) in [7, 11) is 1.46. The Balaban J connectivity index is 1.91. The Labute approximate surface area is 177 Å². The molecule has 1 aromatic heterocycles. The molecule has 3 aromatic rings. The summed E-state index contributed by atoms with van der Waals surface area (Å²) in [5.74, 6) is -1.89. The number of nitrogens with one attached hydrogen (secondary N) is 3. The van der Waals surface area contributed by atoms with Crippen LogP contribution in [0.5, 0.6) is 0 Å². The molecule has 2 heterocycles. The van der Waals surface area contributed by atoms with Crippen LogP contribution in [0.2, 0.25) is 5.02 Å². The molecular weight excluding hydrogens is 412 g/mol. The third-order valence-corrected chi connectivity index (χ3v) is 6.02. The molecule has 0 radical (unpaired) electrons. The van der Waals surface area contributed by atoms with Gasteiger partial charge < -0.3 is 20.4 Å². The van der Waals surface area contributed by atoms with E-state index in [1.807, 2.05) is 13.8 Å². The van der Waals surface area contributed by atoms with E-state index >= 15 is 8.78 Å². The highest BCUT2D eigenvalue weighted by Crippen LogP contribution is 2.46. The van der Waals surface area contributed by atoms with Gasteiger partial charge in [0.2, 0.25) is 0 Å². The number of para-hydroxylation sites is 1. The van der Waals surface area contributed by atoms with Gasteiger partial charge in [0.1, 0.15) is 17.7 Å². The van der Waals surface area contributed by atoms with Gasteiger partial charge in [-0.05, 0) is 19.9 Å². The standard InChI is InChI=1S/C22H22ClF2N3O2/c1-10-16-15(28-22(2,3)20(10)30-21(29)26-4)8-14(24)17(18(16)25)12-7-5-6-11-13(23)9-27-19(11)12/h5-10,20,27-28H,1-4H3,(H,26,29)/t10-,20?/m0/s1. The topological polar surface area (TPSA) is 66.1 Å².